The Morgan fingerprint density at radius 3 is 2.55 bits per heavy atom. The molecule has 0 saturated carbocycles. The van der Waals surface area contributed by atoms with Gasteiger partial charge in [-0.1, -0.05) is 35.0 Å². The number of aliphatic carboxylic acids is 1. The van der Waals surface area contributed by atoms with Crippen molar-refractivity contribution in [1.82, 2.24) is 20.1 Å². The average molecular weight is 489 g/mol. The first-order valence-corrected chi connectivity index (χ1v) is 11.8. The Hall–Kier alpha value is -1.81. The maximum Gasteiger partial charge on any atom is 0.417 e. The summed E-state index contributed by atoms with van der Waals surface area (Å²) in [6, 6.07) is 5.27. The fourth-order valence-electron chi connectivity index (χ4n) is 2.68. The number of thioether (sulfide) groups is 1. The van der Waals surface area contributed by atoms with E-state index in [2.05, 4.69) is 20.1 Å². The molecule has 0 atom stereocenters. The molecule has 1 aliphatic rings. The van der Waals surface area contributed by atoms with Gasteiger partial charge in [0.25, 0.3) is 0 Å². The zero-order chi connectivity index (χ0) is 22.6. The molecule has 2 heterocycles. The molecule has 11 heteroatoms. The van der Waals surface area contributed by atoms with Crippen LogP contribution in [0.5, 0.6) is 0 Å². The molecule has 170 valence electrons. The molecule has 31 heavy (non-hydrogen) atoms. The predicted molar refractivity (Wildman–Crippen MR) is 121 cm³/mol. The van der Waals surface area contributed by atoms with E-state index in [9.17, 15) is 9.59 Å². The van der Waals surface area contributed by atoms with Crippen molar-refractivity contribution in [3.63, 3.8) is 0 Å². The van der Waals surface area contributed by atoms with Crippen molar-refractivity contribution in [1.29, 1.82) is 0 Å². The standard InChI is InChI=1S/C16H17Cl2N3O4S.C4H9N/c1-10-19-16(20-21(10)11-5-6-12(17)13(18)9-11)26-8-4-2-3-7-25-15(24)14(22)23;1-2-4-5-3-1/h5-6,9H,2-4,7-8H2,1H3,(H,22,23);5H,1-4H2. The zero-order valence-electron chi connectivity index (χ0n) is 17.3. The molecule has 2 aromatic rings. The summed E-state index contributed by atoms with van der Waals surface area (Å²) < 4.78 is 6.27. The van der Waals surface area contributed by atoms with Gasteiger partial charge < -0.3 is 15.2 Å². The molecule has 0 spiro atoms. The highest BCUT2D eigenvalue weighted by Crippen LogP contribution is 2.25. The number of benzene rings is 1. The Balaban J connectivity index is 0.000000597. The molecule has 3 rings (SSSR count). The number of carbonyl (C=O) groups is 2. The number of esters is 1. The number of ether oxygens (including phenoxy) is 1. The van der Waals surface area contributed by atoms with Crippen LogP contribution in [0.25, 0.3) is 5.69 Å². The van der Waals surface area contributed by atoms with Gasteiger partial charge in [-0.2, -0.15) is 0 Å². The highest BCUT2D eigenvalue weighted by atomic mass is 35.5. The average Bonchev–Trinajstić information content (AvgIpc) is 3.42. The SMILES string of the molecule is C1CCNC1.Cc1nc(SCCCCCOC(=O)C(=O)O)nn1-c1ccc(Cl)c(Cl)c1. The van der Waals surface area contributed by atoms with Crippen LogP contribution in [0.3, 0.4) is 0 Å². The first kappa shape index (κ1) is 25.5. The molecule has 0 amide bonds. The number of hydrogen-bond donors (Lipinski definition) is 2. The Morgan fingerprint density at radius 2 is 1.94 bits per heavy atom. The van der Waals surface area contributed by atoms with Gasteiger partial charge in [0, 0.05) is 5.75 Å². The third-order valence-corrected chi connectivity index (χ3v) is 5.94. The molecular weight excluding hydrogens is 463 g/mol. The highest BCUT2D eigenvalue weighted by Gasteiger charge is 2.12. The molecule has 1 aromatic heterocycles. The first-order valence-electron chi connectivity index (χ1n) is 10.0. The number of aromatic nitrogens is 3. The van der Waals surface area contributed by atoms with E-state index in [4.69, 9.17) is 28.3 Å². The molecule has 1 fully saturated rings. The lowest BCUT2D eigenvalue weighted by Gasteiger charge is -2.04. The fourth-order valence-corrected chi connectivity index (χ4v) is 3.84. The van der Waals surface area contributed by atoms with Gasteiger partial charge in [0.2, 0.25) is 5.16 Å². The van der Waals surface area contributed by atoms with Gasteiger partial charge in [-0.05, 0) is 70.3 Å². The van der Waals surface area contributed by atoms with Crippen LogP contribution in [0.4, 0.5) is 0 Å². The van der Waals surface area contributed by atoms with Gasteiger partial charge in [-0.3, -0.25) is 0 Å². The van der Waals surface area contributed by atoms with E-state index in [1.54, 1.807) is 16.8 Å². The van der Waals surface area contributed by atoms with E-state index in [0.717, 1.165) is 30.1 Å². The van der Waals surface area contributed by atoms with E-state index >= 15 is 0 Å². The van der Waals surface area contributed by atoms with E-state index in [1.807, 2.05) is 13.0 Å². The largest absolute Gasteiger partial charge is 0.473 e. The van der Waals surface area contributed by atoms with Crippen molar-refractivity contribution < 1.29 is 19.4 Å². The summed E-state index contributed by atoms with van der Waals surface area (Å²) in [5, 5.41) is 17.7. The summed E-state index contributed by atoms with van der Waals surface area (Å²) >= 11 is 13.5. The molecule has 1 aliphatic heterocycles. The number of aryl methyl sites for hydroxylation is 1. The summed E-state index contributed by atoms with van der Waals surface area (Å²) in [6.07, 6.45) is 5.08. The summed E-state index contributed by atoms with van der Waals surface area (Å²) in [5.41, 5.74) is 0.788. The number of hydrogen-bond acceptors (Lipinski definition) is 7. The summed E-state index contributed by atoms with van der Waals surface area (Å²) in [6.45, 7) is 4.47. The normalized spacial score (nSPS) is 12.9. The molecule has 1 aromatic carbocycles. The van der Waals surface area contributed by atoms with Gasteiger partial charge in [0.1, 0.15) is 5.82 Å². The van der Waals surface area contributed by atoms with Crippen molar-refractivity contribution in [3.8, 4) is 5.69 Å². The van der Waals surface area contributed by atoms with Crippen LogP contribution >= 0.6 is 35.0 Å². The minimum atomic E-state index is -1.57. The molecule has 2 N–H and O–H groups in total. The van der Waals surface area contributed by atoms with Crippen LogP contribution in [0.15, 0.2) is 23.4 Å². The maximum atomic E-state index is 10.7. The Morgan fingerprint density at radius 1 is 1.19 bits per heavy atom. The highest BCUT2D eigenvalue weighted by molar-refractivity contribution is 7.99. The zero-order valence-corrected chi connectivity index (χ0v) is 19.6. The van der Waals surface area contributed by atoms with Crippen LogP contribution in [-0.4, -0.2) is 57.3 Å². The van der Waals surface area contributed by atoms with Gasteiger partial charge >= 0.3 is 11.9 Å². The Bertz CT molecular complexity index is 867. The molecular formula is C20H26Cl2N4O4S. The second-order valence-electron chi connectivity index (χ2n) is 6.76. The maximum absolute atomic E-state index is 10.7. The lowest BCUT2D eigenvalue weighted by molar-refractivity contribution is -0.163. The second kappa shape index (κ2) is 13.6. The van der Waals surface area contributed by atoms with Crippen molar-refractivity contribution in [2.45, 2.75) is 44.2 Å². The number of nitrogens with zero attached hydrogens (tertiary/aromatic N) is 3. The van der Waals surface area contributed by atoms with Gasteiger partial charge in [-0.25, -0.2) is 19.3 Å². The molecule has 0 bridgehead atoms. The number of carbonyl (C=O) groups excluding carboxylic acids is 1. The molecule has 0 unspecified atom stereocenters. The number of carboxylic acid groups (broad SMARTS) is 1. The number of rotatable bonds is 8. The van der Waals surface area contributed by atoms with E-state index in [1.165, 1.54) is 37.7 Å². The quantitative estimate of drug-likeness (QED) is 0.247. The molecule has 0 aliphatic carbocycles. The van der Waals surface area contributed by atoms with Crippen molar-refractivity contribution in [3.05, 3.63) is 34.1 Å². The fraction of sp³-hybridized carbons (Fsp3) is 0.500. The third-order valence-electron chi connectivity index (χ3n) is 4.28. The smallest absolute Gasteiger partial charge is 0.417 e. The summed E-state index contributed by atoms with van der Waals surface area (Å²) in [7, 11) is 0. The topological polar surface area (TPSA) is 106 Å². The Kier molecular flexibility index (Phi) is 11.1. The van der Waals surface area contributed by atoms with Gasteiger partial charge in [0.15, 0.2) is 0 Å². The molecule has 1 saturated heterocycles. The van der Waals surface area contributed by atoms with E-state index in [0.29, 0.717) is 21.6 Å². The van der Waals surface area contributed by atoms with Crippen LogP contribution in [-0.2, 0) is 14.3 Å². The number of unbranched alkanes of at least 4 members (excludes halogenated alkanes) is 2. The van der Waals surface area contributed by atoms with Gasteiger partial charge in [-0.15, -0.1) is 5.10 Å². The van der Waals surface area contributed by atoms with Crippen LogP contribution < -0.4 is 5.32 Å². The van der Waals surface area contributed by atoms with Gasteiger partial charge in [0.05, 0.1) is 22.3 Å². The molecule has 8 nitrogen and oxygen atoms in total. The van der Waals surface area contributed by atoms with Crippen molar-refractivity contribution in [2.24, 2.45) is 0 Å². The van der Waals surface area contributed by atoms with Crippen LogP contribution in [0.2, 0.25) is 10.0 Å². The molecule has 0 radical (unpaired) electrons. The van der Waals surface area contributed by atoms with Crippen LogP contribution in [0, 0.1) is 6.92 Å². The minimum Gasteiger partial charge on any atom is -0.473 e. The minimum absolute atomic E-state index is 0.110. The van der Waals surface area contributed by atoms with Crippen molar-refractivity contribution >= 4 is 46.9 Å². The number of halogens is 2. The summed E-state index contributed by atoms with van der Waals surface area (Å²) in [4.78, 5) is 25.4. The lowest BCUT2D eigenvalue weighted by atomic mass is 10.3. The summed E-state index contributed by atoms with van der Waals surface area (Å²) in [5.74, 6) is -1.24. The van der Waals surface area contributed by atoms with Crippen LogP contribution in [0.1, 0.15) is 37.9 Å². The lowest BCUT2D eigenvalue weighted by Crippen LogP contribution is -2.16. The Labute approximate surface area is 195 Å². The monoisotopic (exact) mass is 488 g/mol. The predicted octanol–water partition coefficient (Wildman–Crippen LogP) is 4.14. The number of nitrogens with one attached hydrogen (secondary N) is 1. The van der Waals surface area contributed by atoms with E-state index in [-0.39, 0.29) is 6.61 Å². The van der Waals surface area contributed by atoms with Crippen molar-refractivity contribution in [2.75, 3.05) is 25.4 Å². The number of carboxylic acids is 1. The first-order chi connectivity index (χ1) is 14.9. The third kappa shape index (κ3) is 9.06. The van der Waals surface area contributed by atoms with E-state index < -0.39 is 11.9 Å². The second-order valence-corrected chi connectivity index (χ2v) is 8.64.